The molecule has 2 rings (SSSR count). The summed E-state index contributed by atoms with van der Waals surface area (Å²) in [6.45, 7) is 4.41. The smallest absolute Gasteiger partial charge is 0.00825 e. The van der Waals surface area contributed by atoms with Crippen molar-refractivity contribution in [2.24, 2.45) is 5.73 Å². The second kappa shape index (κ2) is 3.15. The zero-order chi connectivity index (χ0) is 9.42. The fraction of sp³-hybridized carbons (Fsp3) is 0.500. The average molecular weight is 175 g/mol. The van der Waals surface area contributed by atoms with Crippen molar-refractivity contribution in [1.29, 1.82) is 0 Å². The van der Waals surface area contributed by atoms with Crippen LogP contribution in [0.1, 0.15) is 28.7 Å². The predicted molar refractivity (Wildman–Crippen MR) is 55.9 cm³/mol. The Bertz CT molecular complexity index is 328. The minimum atomic E-state index is 0.384. The van der Waals surface area contributed by atoms with E-state index in [2.05, 4.69) is 26.0 Å². The van der Waals surface area contributed by atoms with E-state index < -0.39 is 0 Å². The molecule has 0 amide bonds. The molecule has 0 unspecified atom stereocenters. The molecule has 1 atom stereocenters. The van der Waals surface area contributed by atoms with E-state index in [1.165, 1.54) is 23.1 Å². The van der Waals surface area contributed by atoms with Crippen LogP contribution >= 0.6 is 0 Å². The van der Waals surface area contributed by atoms with Crippen molar-refractivity contribution in [1.82, 2.24) is 0 Å². The number of fused-ring (bicyclic) bond motifs is 1. The summed E-state index contributed by atoms with van der Waals surface area (Å²) < 4.78 is 0. The maximum absolute atomic E-state index is 5.94. The third-order valence-corrected chi connectivity index (χ3v) is 3.21. The summed E-state index contributed by atoms with van der Waals surface area (Å²) in [5.74, 6) is 0. The van der Waals surface area contributed by atoms with Crippen LogP contribution in [0.2, 0.25) is 0 Å². The Morgan fingerprint density at radius 1 is 1.31 bits per heavy atom. The maximum Gasteiger partial charge on any atom is 0.00825 e. The quantitative estimate of drug-likeness (QED) is 0.642. The number of benzene rings is 1. The molecule has 0 aliphatic heterocycles. The van der Waals surface area contributed by atoms with Crippen LogP contribution in [0.5, 0.6) is 0 Å². The molecule has 1 aliphatic carbocycles. The third kappa shape index (κ3) is 1.49. The van der Waals surface area contributed by atoms with Crippen LogP contribution in [-0.2, 0) is 12.8 Å². The van der Waals surface area contributed by atoms with Gasteiger partial charge in [0.2, 0.25) is 0 Å². The molecule has 0 fully saturated rings. The summed E-state index contributed by atoms with van der Waals surface area (Å²) in [7, 11) is 0. The van der Waals surface area contributed by atoms with E-state index in [1.54, 1.807) is 5.56 Å². The molecule has 0 spiro atoms. The third-order valence-electron chi connectivity index (χ3n) is 3.21. The minimum absolute atomic E-state index is 0.384. The second-order valence-corrected chi connectivity index (χ2v) is 4.15. The molecule has 0 radical (unpaired) electrons. The van der Waals surface area contributed by atoms with Crippen LogP contribution in [0, 0.1) is 13.8 Å². The molecular weight excluding hydrogens is 158 g/mol. The molecule has 0 bridgehead atoms. The lowest BCUT2D eigenvalue weighted by atomic mass is 9.85. The van der Waals surface area contributed by atoms with Crippen LogP contribution in [0.25, 0.3) is 0 Å². The summed E-state index contributed by atoms with van der Waals surface area (Å²) in [5, 5.41) is 0. The number of hydrogen-bond donors (Lipinski definition) is 1. The van der Waals surface area contributed by atoms with Crippen molar-refractivity contribution < 1.29 is 0 Å². The summed E-state index contributed by atoms with van der Waals surface area (Å²) in [5.41, 5.74) is 11.9. The Balaban J connectivity index is 2.47. The zero-order valence-electron chi connectivity index (χ0n) is 8.43. The maximum atomic E-state index is 5.94. The van der Waals surface area contributed by atoms with Gasteiger partial charge in [-0.15, -0.1) is 0 Å². The Hall–Kier alpha value is -0.820. The lowest BCUT2D eigenvalue weighted by Crippen LogP contribution is -2.28. The van der Waals surface area contributed by atoms with Gasteiger partial charge in [-0.05, 0) is 55.4 Å². The molecule has 13 heavy (non-hydrogen) atoms. The Labute approximate surface area is 80.0 Å². The summed E-state index contributed by atoms with van der Waals surface area (Å²) in [4.78, 5) is 0. The number of hydrogen-bond acceptors (Lipinski definition) is 1. The van der Waals surface area contributed by atoms with Gasteiger partial charge in [0.1, 0.15) is 0 Å². The minimum Gasteiger partial charge on any atom is -0.327 e. The normalized spacial score (nSPS) is 21.3. The molecule has 1 nitrogen and oxygen atoms in total. The standard InChI is InChI=1S/C12H17N/c1-8-3-4-10-7-11(13)5-6-12(10)9(8)2/h3-4,11H,5-7,13H2,1-2H3/t11-/m1/s1. The van der Waals surface area contributed by atoms with Gasteiger partial charge in [0.25, 0.3) is 0 Å². The molecule has 0 saturated carbocycles. The van der Waals surface area contributed by atoms with Gasteiger partial charge in [0.15, 0.2) is 0 Å². The first kappa shape index (κ1) is 8.76. The first-order valence-corrected chi connectivity index (χ1v) is 5.02. The molecular formula is C12H17N. The highest BCUT2D eigenvalue weighted by molar-refractivity contribution is 5.41. The number of aryl methyl sites for hydroxylation is 1. The van der Waals surface area contributed by atoms with Gasteiger partial charge in [0, 0.05) is 6.04 Å². The Morgan fingerprint density at radius 2 is 2.08 bits per heavy atom. The van der Waals surface area contributed by atoms with Gasteiger partial charge < -0.3 is 5.73 Å². The highest BCUT2D eigenvalue weighted by atomic mass is 14.6. The van der Waals surface area contributed by atoms with E-state index in [4.69, 9.17) is 5.73 Å². The molecule has 2 N–H and O–H groups in total. The topological polar surface area (TPSA) is 26.0 Å². The lowest BCUT2D eigenvalue weighted by Gasteiger charge is -2.23. The van der Waals surface area contributed by atoms with E-state index in [-0.39, 0.29) is 0 Å². The number of nitrogens with two attached hydrogens (primary N) is 1. The largest absolute Gasteiger partial charge is 0.327 e. The van der Waals surface area contributed by atoms with Crippen molar-refractivity contribution in [3.8, 4) is 0 Å². The molecule has 1 heteroatoms. The lowest BCUT2D eigenvalue weighted by molar-refractivity contribution is 0.574. The predicted octanol–water partition coefficient (Wildman–Crippen LogP) is 2.12. The zero-order valence-corrected chi connectivity index (χ0v) is 8.43. The highest BCUT2D eigenvalue weighted by Gasteiger charge is 2.17. The van der Waals surface area contributed by atoms with Crippen molar-refractivity contribution in [2.75, 3.05) is 0 Å². The Kier molecular flexibility index (Phi) is 2.12. The van der Waals surface area contributed by atoms with Crippen molar-refractivity contribution in [3.63, 3.8) is 0 Å². The van der Waals surface area contributed by atoms with Gasteiger partial charge in [-0.25, -0.2) is 0 Å². The molecule has 1 aromatic carbocycles. The molecule has 0 heterocycles. The van der Waals surface area contributed by atoms with Crippen molar-refractivity contribution in [2.45, 2.75) is 39.2 Å². The SMILES string of the molecule is Cc1ccc2c(c1C)CC[C@@H](N)C2. The number of rotatable bonds is 0. The van der Waals surface area contributed by atoms with Gasteiger partial charge in [-0.3, -0.25) is 0 Å². The summed E-state index contributed by atoms with van der Waals surface area (Å²) >= 11 is 0. The monoisotopic (exact) mass is 175 g/mol. The van der Waals surface area contributed by atoms with Crippen molar-refractivity contribution >= 4 is 0 Å². The second-order valence-electron chi connectivity index (χ2n) is 4.15. The van der Waals surface area contributed by atoms with E-state index in [0.717, 1.165) is 12.8 Å². The van der Waals surface area contributed by atoms with Crippen LogP contribution < -0.4 is 5.73 Å². The first-order valence-electron chi connectivity index (χ1n) is 5.02. The summed E-state index contributed by atoms with van der Waals surface area (Å²) in [6, 6.07) is 4.85. The van der Waals surface area contributed by atoms with Gasteiger partial charge >= 0.3 is 0 Å². The molecule has 0 saturated heterocycles. The van der Waals surface area contributed by atoms with Crippen molar-refractivity contribution in [3.05, 3.63) is 34.4 Å². The molecule has 1 aliphatic rings. The highest BCUT2D eigenvalue weighted by Crippen LogP contribution is 2.25. The van der Waals surface area contributed by atoms with Crippen LogP contribution in [0.4, 0.5) is 0 Å². The van der Waals surface area contributed by atoms with E-state index in [9.17, 15) is 0 Å². The van der Waals surface area contributed by atoms with Crippen LogP contribution in [0.15, 0.2) is 12.1 Å². The van der Waals surface area contributed by atoms with Gasteiger partial charge in [0.05, 0.1) is 0 Å². The molecule has 0 aromatic heterocycles. The average Bonchev–Trinajstić information content (AvgIpc) is 2.12. The van der Waals surface area contributed by atoms with E-state index in [0.29, 0.717) is 6.04 Å². The summed E-state index contributed by atoms with van der Waals surface area (Å²) in [6.07, 6.45) is 3.39. The molecule has 1 aromatic rings. The van der Waals surface area contributed by atoms with E-state index >= 15 is 0 Å². The molecule has 70 valence electrons. The van der Waals surface area contributed by atoms with Crippen LogP contribution in [-0.4, -0.2) is 6.04 Å². The Morgan fingerprint density at radius 3 is 2.85 bits per heavy atom. The first-order chi connectivity index (χ1) is 6.18. The van der Waals surface area contributed by atoms with Gasteiger partial charge in [-0.2, -0.15) is 0 Å². The fourth-order valence-electron chi connectivity index (χ4n) is 2.18. The van der Waals surface area contributed by atoms with Crippen LogP contribution in [0.3, 0.4) is 0 Å². The van der Waals surface area contributed by atoms with Gasteiger partial charge in [-0.1, -0.05) is 12.1 Å². The fourth-order valence-corrected chi connectivity index (χ4v) is 2.18. The van der Waals surface area contributed by atoms with E-state index in [1.807, 2.05) is 0 Å².